The number of sulfone groups is 1. The summed E-state index contributed by atoms with van der Waals surface area (Å²) in [7, 11) is -1.78. The normalized spacial score (nSPS) is 15.1. The zero-order valence-electron chi connectivity index (χ0n) is 18.5. The van der Waals surface area contributed by atoms with E-state index < -0.39 is 21.8 Å². The molecule has 10 nitrogen and oxygen atoms in total. The van der Waals surface area contributed by atoms with Gasteiger partial charge in [-0.2, -0.15) is 0 Å². The van der Waals surface area contributed by atoms with Gasteiger partial charge in [0.05, 0.1) is 21.6 Å². The Kier molecular flexibility index (Phi) is 7.29. The maximum absolute atomic E-state index is 13.1. The maximum atomic E-state index is 13.1. The van der Waals surface area contributed by atoms with Gasteiger partial charge in [0.2, 0.25) is 0 Å². The number of nitrogens with zero attached hydrogens (tertiary/aromatic N) is 4. The highest BCUT2D eigenvalue weighted by atomic mass is 32.2. The van der Waals surface area contributed by atoms with Gasteiger partial charge in [-0.05, 0) is 38.0 Å². The molecule has 1 N–H and O–H groups in total. The monoisotopic (exact) mass is 501 g/mol. The highest BCUT2D eigenvalue weighted by Crippen LogP contribution is 2.33. The van der Waals surface area contributed by atoms with Crippen LogP contribution in [0.3, 0.4) is 0 Å². The summed E-state index contributed by atoms with van der Waals surface area (Å²) in [5, 5.41) is 6.83. The SMILES string of the molecule is COCc1cnc(NC(=O)C(=NOC(C)c2ncccn2)c2ccc(S(=O)(=O)C3CC3)cc2)s1. The molecule has 2 heterocycles. The lowest BCUT2D eigenvalue weighted by Gasteiger charge is -2.11. The Bertz CT molecular complexity index is 1270. The zero-order valence-corrected chi connectivity index (χ0v) is 20.2. The number of carbonyl (C=O) groups excluding carboxylic acids is 1. The Balaban J connectivity index is 1.59. The highest BCUT2D eigenvalue weighted by molar-refractivity contribution is 7.92. The standard InChI is InChI=1S/C22H23N5O5S2/c1-14(20-23-10-3-11-24-20)32-27-19(21(28)26-22-25-12-16(33-22)13-31-2)15-4-6-17(7-5-15)34(29,30)18-8-9-18/h3-7,10-12,14,18H,8-9,13H2,1-2H3,(H,25,26,28). The van der Waals surface area contributed by atoms with E-state index in [0.717, 1.165) is 4.88 Å². The number of anilines is 1. The summed E-state index contributed by atoms with van der Waals surface area (Å²) in [5.41, 5.74) is 0.351. The molecule has 1 fully saturated rings. The van der Waals surface area contributed by atoms with Crippen molar-refractivity contribution in [3.8, 4) is 0 Å². The number of amides is 1. The lowest BCUT2D eigenvalue weighted by atomic mass is 10.1. The average molecular weight is 502 g/mol. The molecule has 4 rings (SSSR count). The Labute approximate surface area is 201 Å². The number of carbonyl (C=O) groups is 1. The van der Waals surface area contributed by atoms with Gasteiger partial charge < -0.3 is 9.57 Å². The van der Waals surface area contributed by atoms with E-state index in [9.17, 15) is 13.2 Å². The second-order valence-electron chi connectivity index (χ2n) is 7.58. The van der Waals surface area contributed by atoms with E-state index in [0.29, 0.717) is 36.0 Å². The summed E-state index contributed by atoms with van der Waals surface area (Å²) in [6.07, 6.45) is 5.50. The average Bonchev–Trinajstić information content (AvgIpc) is 3.62. The van der Waals surface area contributed by atoms with Crippen LogP contribution in [0, 0.1) is 0 Å². The van der Waals surface area contributed by atoms with Crippen LogP contribution in [0.25, 0.3) is 0 Å². The molecule has 3 aromatic rings. The van der Waals surface area contributed by atoms with E-state index in [1.165, 1.54) is 23.5 Å². The molecule has 0 spiro atoms. The van der Waals surface area contributed by atoms with Crippen LogP contribution in [0.5, 0.6) is 0 Å². The van der Waals surface area contributed by atoms with Crippen LogP contribution in [-0.4, -0.2) is 47.3 Å². The minimum absolute atomic E-state index is 0.0401. The Morgan fingerprint density at radius 1 is 1.21 bits per heavy atom. The highest BCUT2D eigenvalue weighted by Gasteiger charge is 2.36. The topological polar surface area (TPSA) is 133 Å². The number of hydrogen-bond donors (Lipinski definition) is 1. The maximum Gasteiger partial charge on any atom is 0.280 e. The lowest BCUT2D eigenvalue weighted by Crippen LogP contribution is -2.24. The number of hydrogen-bond acceptors (Lipinski definition) is 10. The van der Waals surface area contributed by atoms with Crippen molar-refractivity contribution in [2.45, 2.75) is 42.6 Å². The third-order valence-electron chi connectivity index (χ3n) is 4.95. The molecule has 0 radical (unpaired) electrons. The minimum Gasteiger partial charge on any atom is -0.384 e. The van der Waals surface area contributed by atoms with Crippen molar-refractivity contribution in [3.63, 3.8) is 0 Å². The quantitative estimate of drug-likeness (QED) is 0.331. The third-order valence-corrected chi connectivity index (χ3v) is 8.11. The number of methoxy groups -OCH3 is 1. The smallest absolute Gasteiger partial charge is 0.280 e. The molecule has 1 amide bonds. The largest absolute Gasteiger partial charge is 0.384 e. The van der Waals surface area contributed by atoms with Crippen LogP contribution >= 0.6 is 11.3 Å². The van der Waals surface area contributed by atoms with Crippen molar-refractivity contribution < 1.29 is 22.8 Å². The van der Waals surface area contributed by atoms with Crippen molar-refractivity contribution in [1.29, 1.82) is 0 Å². The number of ether oxygens (including phenoxy) is 1. The Morgan fingerprint density at radius 2 is 1.91 bits per heavy atom. The minimum atomic E-state index is -3.35. The van der Waals surface area contributed by atoms with Crippen molar-refractivity contribution >= 4 is 37.9 Å². The molecule has 1 aliphatic rings. The summed E-state index contributed by atoms with van der Waals surface area (Å²) in [6, 6.07) is 7.73. The predicted octanol–water partition coefficient (Wildman–Crippen LogP) is 3.14. The molecule has 34 heavy (non-hydrogen) atoms. The Hall–Kier alpha value is -3.22. The van der Waals surface area contributed by atoms with Gasteiger partial charge in [-0.25, -0.2) is 23.4 Å². The molecule has 1 saturated carbocycles. The van der Waals surface area contributed by atoms with E-state index in [4.69, 9.17) is 9.57 Å². The van der Waals surface area contributed by atoms with Gasteiger partial charge in [-0.1, -0.05) is 28.6 Å². The predicted molar refractivity (Wildman–Crippen MR) is 126 cm³/mol. The first-order valence-electron chi connectivity index (χ1n) is 10.5. The number of benzene rings is 1. The van der Waals surface area contributed by atoms with Gasteiger partial charge in [0.15, 0.2) is 32.6 Å². The summed E-state index contributed by atoms with van der Waals surface area (Å²) >= 11 is 1.27. The molecule has 2 aromatic heterocycles. The third kappa shape index (κ3) is 5.64. The molecule has 0 bridgehead atoms. The fourth-order valence-corrected chi connectivity index (χ4v) is 5.47. The van der Waals surface area contributed by atoms with Crippen LogP contribution in [0.1, 0.15) is 42.1 Å². The van der Waals surface area contributed by atoms with E-state index in [1.54, 1.807) is 50.8 Å². The molecule has 0 saturated heterocycles. The number of aromatic nitrogens is 3. The van der Waals surface area contributed by atoms with Crippen molar-refractivity contribution in [2.24, 2.45) is 5.16 Å². The first-order valence-corrected chi connectivity index (χ1v) is 12.8. The number of oxime groups is 1. The molecular formula is C22H23N5O5S2. The van der Waals surface area contributed by atoms with Gasteiger partial charge in [-0.3, -0.25) is 10.1 Å². The van der Waals surface area contributed by atoms with Crippen LogP contribution in [0.4, 0.5) is 5.13 Å². The number of rotatable bonds is 10. The van der Waals surface area contributed by atoms with Crippen LogP contribution in [-0.2, 0) is 30.8 Å². The molecule has 1 aromatic carbocycles. The summed E-state index contributed by atoms with van der Waals surface area (Å²) in [4.78, 5) is 32.1. The van der Waals surface area contributed by atoms with Gasteiger partial charge in [-0.15, -0.1) is 0 Å². The van der Waals surface area contributed by atoms with Gasteiger partial charge >= 0.3 is 0 Å². The molecule has 1 aliphatic carbocycles. The van der Waals surface area contributed by atoms with E-state index in [2.05, 4.69) is 25.4 Å². The number of thiazole rings is 1. The summed E-state index contributed by atoms with van der Waals surface area (Å²) in [5.74, 6) is -0.154. The molecule has 1 unspecified atom stereocenters. The van der Waals surface area contributed by atoms with Crippen molar-refractivity contribution in [1.82, 2.24) is 15.0 Å². The van der Waals surface area contributed by atoms with Gasteiger partial charge in [0.25, 0.3) is 5.91 Å². The summed E-state index contributed by atoms with van der Waals surface area (Å²) in [6.45, 7) is 2.08. The second kappa shape index (κ2) is 10.4. The fourth-order valence-electron chi connectivity index (χ4n) is 3.03. The van der Waals surface area contributed by atoms with Crippen molar-refractivity contribution in [3.05, 3.63) is 65.2 Å². The van der Waals surface area contributed by atoms with Crippen molar-refractivity contribution in [2.75, 3.05) is 12.4 Å². The first kappa shape index (κ1) is 23.9. The molecular weight excluding hydrogens is 478 g/mol. The fraction of sp³-hybridized carbons (Fsp3) is 0.318. The molecule has 0 aliphatic heterocycles. The van der Waals surface area contributed by atoms with Gasteiger partial charge in [0, 0.05) is 31.3 Å². The number of nitrogens with one attached hydrogen (secondary N) is 1. The van der Waals surface area contributed by atoms with Crippen LogP contribution in [0.15, 0.2) is 59.0 Å². The van der Waals surface area contributed by atoms with E-state index in [1.807, 2.05) is 0 Å². The van der Waals surface area contributed by atoms with E-state index in [-0.39, 0.29) is 15.9 Å². The Morgan fingerprint density at radius 3 is 2.56 bits per heavy atom. The summed E-state index contributed by atoms with van der Waals surface area (Å²) < 4.78 is 30.1. The lowest BCUT2D eigenvalue weighted by molar-refractivity contribution is -0.110. The van der Waals surface area contributed by atoms with Crippen LogP contribution in [0.2, 0.25) is 0 Å². The zero-order chi connectivity index (χ0) is 24.1. The molecule has 1 atom stereocenters. The van der Waals surface area contributed by atoms with Crippen LogP contribution < -0.4 is 5.32 Å². The van der Waals surface area contributed by atoms with E-state index >= 15 is 0 Å². The van der Waals surface area contributed by atoms with Gasteiger partial charge in [0.1, 0.15) is 0 Å². The molecule has 178 valence electrons. The first-order chi connectivity index (χ1) is 16.4. The molecule has 12 heteroatoms. The second-order valence-corrected chi connectivity index (χ2v) is 10.9.